The number of alkyl carbamates (subject to hydrolysis) is 1. The Hall–Kier alpha value is -1.87. The fourth-order valence-corrected chi connectivity index (χ4v) is 3.02. The summed E-state index contributed by atoms with van der Waals surface area (Å²) >= 11 is 0. The van der Waals surface area contributed by atoms with E-state index in [9.17, 15) is 14.4 Å². The molecule has 0 bridgehead atoms. The van der Waals surface area contributed by atoms with Gasteiger partial charge in [0.15, 0.2) is 0 Å². The highest BCUT2D eigenvalue weighted by molar-refractivity contribution is 5.77. The van der Waals surface area contributed by atoms with E-state index in [0.717, 1.165) is 32.1 Å². The van der Waals surface area contributed by atoms with Gasteiger partial charge >= 0.3 is 18.0 Å². The lowest BCUT2D eigenvalue weighted by molar-refractivity contribution is -0.235. The minimum atomic E-state index is -1.60. The van der Waals surface area contributed by atoms with E-state index in [1.54, 1.807) is 0 Å². The van der Waals surface area contributed by atoms with Crippen molar-refractivity contribution in [2.24, 2.45) is 5.41 Å². The first-order valence-electron chi connectivity index (χ1n) is 8.64. The molecule has 1 unspecified atom stereocenters. The van der Waals surface area contributed by atoms with Crippen molar-refractivity contribution in [3.63, 3.8) is 0 Å². The van der Waals surface area contributed by atoms with Crippen LogP contribution in [-0.2, 0) is 28.5 Å². The van der Waals surface area contributed by atoms with Crippen LogP contribution in [0.15, 0.2) is 0 Å². The van der Waals surface area contributed by atoms with E-state index in [4.69, 9.17) is 24.1 Å². The van der Waals surface area contributed by atoms with Crippen molar-refractivity contribution in [3.8, 4) is 0 Å². The molecule has 150 valence electrons. The molecule has 0 aromatic heterocycles. The first kappa shape index (κ1) is 22.2. The van der Waals surface area contributed by atoms with Crippen LogP contribution in [0.4, 0.5) is 4.79 Å². The number of carboxylic acids is 1. The zero-order valence-corrected chi connectivity index (χ0v) is 15.8. The van der Waals surface area contributed by atoms with Gasteiger partial charge in [-0.15, -0.1) is 0 Å². The van der Waals surface area contributed by atoms with Gasteiger partial charge in [-0.25, -0.2) is 9.59 Å². The molecule has 1 amide bonds. The molecule has 1 fully saturated rings. The molecule has 1 atom stereocenters. The van der Waals surface area contributed by atoms with Gasteiger partial charge in [-0.2, -0.15) is 0 Å². The molecule has 0 aromatic carbocycles. The average Bonchev–Trinajstić information content (AvgIpc) is 2.59. The molecule has 9 nitrogen and oxygen atoms in total. The molecule has 0 spiro atoms. The molecule has 0 radical (unpaired) electrons. The van der Waals surface area contributed by atoms with E-state index in [2.05, 4.69) is 5.32 Å². The van der Waals surface area contributed by atoms with Crippen molar-refractivity contribution in [1.29, 1.82) is 0 Å². The lowest BCUT2D eigenvalue weighted by atomic mass is 9.72. The van der Waals surface area contributed by atoms with Crippen LogP contribution in [0.2, 0.25) is 0 Å². The standard InChI is InChI=1S/C17H29NO8/c1-12(25-14(21)16(2,23-3)24-4)26-15(22)18-11-17(10-13(19)20)8-6-5-7-9-17/h12H,5-11H2,1-4H3,(H,18,22)(H,19,20). The lowest BCUT2D eigenvalue weighted by Gasteiger charge is -2.36. The van der Waals surface area contributed by atoms with Crippen molar-refractivity contribution >= 4 is 18.0 Å². The highest BCUT2D eigenvalue weighted by Crippen LogP contribution is 2.38. The molecule has 2 N–H and O–H groups in total. The molecule has 1 aliphatic carbocycles. The second-order valence-electron chi connectivity index (χ2n) is 6.72. The third-order valence-electron chi connectivity index (χ3n) is 4.74. The molecule has 1 rings (SSSR count). The third kappa shape index (κ3) is 6.45. The number of hydrogen-bond acceptors (Lipinski definition) is 7. The van der Waals surface area contributed by atoms with Gasteiger partial charge in [0.1, 0.15) is 0 Å². The van der Waals surface area contributed by atoms with E-state index in [1.807, 2.05) is 0 Å². The minimum Gasteiger partial charge on any atom is -0.481 e. The fourth-order valence-electron chi connectivity index (χ4n) is 3.02. The van der Waals surface area contributed by atoms with Crippen molar-refractivity contribution in [1.82, 2.24) is 5.32 Å². The smallest absolute Gasteiger partial charge is 0.410 e. The normalized spacial score (nSPS) is 17.8. The molecule has 26 heavy (non-hydrogen) atoms. The van der Waals surface area contributed by atoms with E-state index in [-0.39, 0.29) is 13.0 Å². The van der Waals surface area contributed by atoms with Gasteiger partial charge in [0.25, 0.3) is 5.79 Å². The number of aliphatic carboxylic acids is 1. The molecule has 1 saturated carbocycles. The first-order chi connectivity index (χ1) is 12.2. The van der Waals surface area contributed by atoms with Gasteiger partial charge in [-0.05, 0) is 18.3 Å². The number of hydrogen-bond donors (Lipinski definition) is 2. The Morgan fingerprint density at radius 3 is 2.19 bits per heavy atom. The van der Waals surface area contributed by atoms with Crippen LogP contribution >= 0.6 is 0 Å². The van der Waals surface area contributed by atoms with Crippen LogP contribution < -0.4 is 5.32 Å². The Kier molecular flexibility index (Phi) is 8.29. The molecular formula is C17H29NO8. The number of methoxy groups -OCH3 is 2. The molecule has 0 aromatic rings. The predicted octanol–water partition coefficient (Wildman–Crippen LogP) is 2.04. The quantitative estimate of drug-likeness (QED) is 0.464. The number of carboxylic acid groups (broad SMARTS) is 1. The summed E-state index contributed by atoms with van der Waals surface area (Å²) in [6, 6.07) is 0. The number of carbonyl (C=O) groups excluding carboxylic acids is 2. The Morgan fingerprint density at radius 2 is 1.69 bits per heavy atom. The number of esters is 1. The van der Waals surface area contributed by atoms with Crippen LogP contribution in [0, 0.1) is 5.41 Å². The summed E-state index contributed by atoms with van der Waals surface area (Å²) in [4.78, 5) is 35.0. The maximum Gasteiger partial charge on any atom is 0.410 e. The van der Waals surface area contributed by atoms with Crippen molar-refractivity contribution < 1.29 is 38.4 Å². The molecule has 0 heterocycles. The average molecular weight is 375 g/mol. The van der Waals surface area contributed by atoms with Crippen molar-refractivity contribution in [3.05, 3.63) is 0 Å². The number of ether oxygens (including phenoxy) is 4. The van der Waals surface area contributed by atoms with Gasteiger partial charge in [0.05, 0.1) is 6.42 Å². The summed E-state index contributed by atoms with van der Waals surface area (Å²) in [6.45, 7) is 2.96. The lowest BCUT2D eigenvalue weighted by Crippen LogP contribution is -2.44. The second-order valence-corrected chi connectivity index (χ2v) is 6.72. The van der Waals surface area contributed by atoms with E-state index in [1.165, 1.54) is 28.1 Å². The van der Waals surface area contributed by atoms with E-state index in [0.29, 0.717) is 0 Å². The molecule has 0 aliphatic heterocycles. The minimum absolute atomic E-state index is 0.00213. The summed E-state index contributed by atoms with van der Waals surface area (Å²) in [5.74, 6) is -3.32. The largest absolute Gasteiger partial charge is 0.481 e. The SMILES string of the molecule is COC(C)(OC)C(=O)OC(C)OC(=O)NCC1(CC(=O)O)CCCCC1. The molecule has 1 aliphatic rings. The summed E-state index contributed by atoms with van der Waals surface area (Å²) in [5, 5.41) is 11.7. The van der Waals surface area contributed by atoms with Crippen LogP contribution in [0.1, 0.15) is 52.4 Å². The van der Waals surface area contributed by atoms with Gasteiger partial charge in [-0.3, -0.25) is 4.79 Å². The van der Waals surface area contributed by atoms with E-state index < -0.39 is 35.5 Å². The van der Waals surface area contributed by atoms with Crippen LogP contribution in [0.25, 0.3) is 0 Å². The highest BCUT2D eigenvalue weighted by atomic mass is 16.8. The third-order valence-corrected chi connectivity index (χ3v) is 4.74. The number of amides is 1. The van der Waals surface area contributed by atoms with Gasteiger partial charge in [0.2, 0.25) is 6.29 Å². The van der Waals surface area contributed by atoms with Crippen LogP contribution in [0.3, 0.4) is 0 Å². The zero-order chi connectivity index (χ0) is 19.8. The van der Waals surface area contributed by atoms with E-state index >= 15 is 0 Å². The monoisotopic (exact) mass is 375 g/mol. The zero-order valence-electron chi connectivity index (χ0n) is 15.8. The molecule has 0 saturated heterocycles. The topological polar surface area (TPSA) is 120 Å². The summed E-state index contributed by atoms with van der Waals surface area (Å²) < 4.78 is 19.8. The summed E-state index contributed by atoms with van der Waals surface area (Å²) in [7, 11) is 2.57. The highest BCUT2D eigenvalue weighted by Gasteiger charge is 2.37. The van der Waals surface area contributed by atoms with Gasteiger partial charge < -0.3 is 29.4 Å². The number of nitrogens with one attached hydrogen (secondary N) is 1. The predicted molar refractivity (Wildman–Crippen MR) is 90.2 cm³/mol. The Morgan fingerprint density at radius 1 is 1.12 bits per heavy atom. The van der Waals surface area contributed by atoms with Crippen LogP contribution in [-0.4, -0.2) is 56.0 Å². The number of rotatable bonds is 9. The summed E-state index contributed by atoms with van der Waals surface area (Å²) in [5.41, 5.74) is -0.465. The molecular weight excluding hydrogens is 346 g/mol. The Labute approximate surface area is 153 Å². The molecule has 9 heteroatoms. The maximum absolute atomic E-state index is 12.0. The fraction of sp³-hybridized carbons (Fsp3) is 0.824. The Bertz CT molecular complexity index is 497. The number of carbonyl (C=O) groups is 3. The van der Waals surface area contributed by atoms with Crippen LogP contribution in [0.5, 0.6) is 0 Å². The Balaban J connectivity index is 2.51. The van der Waals surface area contributed by atoms with Gasteiger partial charge in [0, 0.05) is 34.6 Å². The van der Waals surface area contributed by atoms with Crippen molar-refractivity contribution in [2.75, 3.05) is 20.8 Å². The second kappa shape index (κ2) is 9.72. The first-order valence-corrected chi connectivity index (χ1v) is 8.64. The summed E-state index contributed by atoms with van der Waals surface area (Å²) in [6.07, 6.45) is 2.48. The maximum atomic E-state index is 12.0. The van der Waals surface area contributed by atoms with Crippen molar-refractivity contribution in [2.45, 2.75) is 64.4 Å². The van der Waals surface area contributed by atoms with Gasteiger partial charge in [-0.1, -0.05) is 19.3 Å².